The Morgan fingerprint density at radius 2 is 2.07 bits per heavy atom. The van der Waals surface area contributed by atoms with Crippen molar-refractivity contribution in [1.82, 2.24) is 29.9 Å². The zero-order valence-corrected chi connectivity index (χ0v) is 16.7. The van der Waals surface area contributed by atoms with Gasteiger partial charge in [0.25, 0.3) is 0 Å². The van der Waals surface area contributed by atoms with E-state index >= 15 is 0 Å². The zero-order valence-electron chi connectivity index (χ0n) is 15.9. The van der Waals surface area contributed by atoms with Gasteiger partial charge >= 0.3 is 0 Å². The average Bonchev–Trinajstić information content (AvgIpc) is 3.35. The lowest BCUT2D eigenvalue weighted by molar-refractivity contribution is 0.401. The molecule has 29 heavy (non-hydrogen) atoms. The average molecular weight is 409 g/mol. The molecule has 1 fully saturated rings. The van der Waals surface area contributed by atoms with Crippen molar-refractivity contribution in [1.29, 1.82) is 0 Å². The standard InChI is InChI=1S/C19H19N7O2S/c1-26-18-12(9-22-26)8-21-19(28-2)17(18)25-29(27)13-5-6-14(20-10-13)16-7-15(23-24-16)11-3-4-11/h5-11,25H,3-4H2,1-2H3,(H,23,24). The predicted octanol–water partition coefficient (Wildman–Crippen LogP) is 2.77. The summed E-state index contributed by atoms with van der Waals surface area (Å²) in [5.41, 5.74) is 3.97. The third-order valence-electron chi connectivity index (χ3n) is 4.95. The number of rotatable bonds is 6. The number of ether oxygens (including phenoxy) is 1. The predicted molar refractivity (Wildman–Crippen MR) is 109 cm³/mol. The maximum atomic E-state index is 12.9. The minimum atomic E-state index is -1.55. The zero-order chi connectivity index (χ0) is 20.0. The lowest BCUT2D eigenvalue weighted by Gasteiger charge is -2.12. The maximum absolute atomic E-state index is 12.9. The highest BCUT2D eigenvalue weighted by molar-refractivity contribution is 7.86. The minimum absolute atomic E-state index is 0.350. The molecular weight excluding hydrogens is 390 g/mol. The summed E-state index contributed by atoms with van der Waals surface area (Å²) in [6.45, 7) is 0. The van der Waals surface area contributed by atoms with Gasteiger partial charge in [0.2, 0.25) is 5.88 Å². The van der Waals surface area contributed by atoms with E-state index in [9.17, 15) is 4.21 Å². The molecule has 2 N–H and O–H groups in total. The number of H-pyrrole nitrogens is 1. The molecule has 0 aromatic carbocycles. The van der Waals surface area contributed by atoms with Gasteiger partial charge in [-0.2, -0.15) is 10.2 Å². The van der Waals surface area contributed by atoms with Gasteiger partial charge in [0.05, 0.1) is 29.4 Å². The molecule has 5 rings (SSSR count). The fraction of sp³-hybridized carbons (Fsp3) is 0.263. The normalized spacial score (nSPS) is 14.8. The quantitative estimate of drug-likeness (QED) is 0.507. The van der Waals surface area contributed by atoms with Crippen LogP contribution in [0.15, 0.2) is 41.7 Å². The molecule has 4 heterocycles. The molecule has 0 radical (unpaired) electrons. The summed E-state index contributed by atoms with van der Waals surface area (Å²) < 4.78 is 23.0. The van der Waals surface area contributed by atoms with Crippen molar-refractivity contribution in [2.45, 2.75) is 23.7 Å². The second-order valence-corrected chi connectivity index (χ2v) is 8.16. The SMILES string of the molecule is COc1ncc2cnn(C)c2c1NS(=O)c1ccc(-c2cc(C3CC3)[nH]n2)nc1. The van der Waals surface area contributed by atoms with Crippen molar-refractivity contribution in [2.75, 3.05) is 11.8 Å². The van der Waals surface area contributed by atoms with Gasteiger partial charge in [-0.15, -0.1) is 0 Å². The molecular formula is C19H19N7O2S. The van der Waals surface area contributed by atoms with Crippen molar-refractivity contribution in [3.63, 3.8) is 0 Å². The van der Waals surface area contributed by atoms with E-state index < -0.39 is 11.0 Å². The Morgan fingerprint density at radius 3 is 2.79 bits per heavy atom. The van der Waals surface area contributed by atoms with Crippen molar-refractivity contribution in [3.05, 3.63) is 42.5 Å². The topological polar surface area (TPSA) is 111 Å². The Labute approximate surface area is 169 Å². The summed E-state index contributed by atoms with van der Waals surface area (Å²) in [6.07, 6.45) is 7.38. The number of aryl methyl sites for hydroxylation is 1. The fourth-order valence-corrected chi connectivity index (χ4v) is 4.09. The van der Waals surface area contributed by atoms with Crippen molar-refractivity contribution in [2.24, 2.45) is 7.05 Å². The van der Waals surface area contributed by atoms with Gasteiger partial charge in [0.1, 0.15) is 11.4 Å². The molecule has 0 saturated heterocycles. The third kappa shape index (κ3) is 3.25. The van der Waals surface area contributed by atoms with Gasteiger partial charge in [0, 0.05) is 36.4 Å². The summed E-state index contributed by atoms with van der Waals surface area (Å²) in [7, 11) is 1.78. The summed E-state index contributed by atoms with van der Waals surface area (Å²) in [4.78, 5) is 9.23. The number of nitrogens with zero attached hydrogens (tertiary/aromatic N) is 5. The first kappa shape index (κ1) is 17.8. The van der Waals surface area contributed by atoms with Crippen molar-refractivity contribution >= 4 is 27.6 Å². The lowest BCUT2D eigenvalue weighted by atomic mass is 10.2. The van der Waals surface area contributed by atoms with Gasteiger partial charge in [-0.1, -0.05) is 0 Å². The molecule has 0 amide bonds. The number of aromatic nitrogens is 6. The highest BCUT2D eigenvalue weighted by atomic mass is 32.2. The second-order valence-electron chi connectivity index (χ2n) is 6.95. The third-order valence-corrected chi connectivity index (χ3v) is 6.01. The molecule has 10 heteroatoms. The van der Waals surface area contributed by atoms with Crippen LogP contribution in [0.3, 0.4) is 0 Å². The van der Waals surface area contributed by atoms with E-state index in [1.807, 2.05) is 19.2 Å². The van der Waals surface area contributed by atoms with Gasteiger partial charge in [-0.05, 0) is 31.0 Å². The minimum Gasteiger partial charge on any atom is -0.479 e. The van der Waals surface area contributed by atoms with Gasteiger partial charge in [-0.3, -0.25) is 19.5 Å². The van der Waals surface area contributed by atoms with Crippen molar-refractivity contribution < 1.29 is 8.95 Å². The van der Waals surface area contributed by atoms with E-state index in [4.69, 9.17) is 4.74 Å². The first-order valence-corrected chi connectivity index (χ1v) is 10.3. The number of anilines is 1. The van der Waals surface area contributed by atoms with Crippen LogP contribution in [0.2, 0.25) is 0 Å². The Kier molecular flexibility index (Phi) is 4.27. The number of hydrogen-bond acceptors (Lipinski definition) is 6. The molecule has 1 saturated carbocycles. The van der Waals surface area contributed by atoms with Crippen LogP contribution in [0, 0.1) is 0 Å². The van der Waals surface area contributed by atoms with E-state index in [0.717, 1.165) is 28.0 Å². The number of hydrogen-bond donors (Lipinski definition) is 2. The Morgan fingerprint density at radius 1 is 1.21 bits per heavy atom. The lowest BCUT2D eigenvalue weighted by Crippen LogP contribution is -2.09. The molecule has 0 aliphatic heterocycles. The van der Waals surface area contributed by atoms with E-state index in [1.54, 1.807) is 29.3 Å². The molecule has 1 unspecified atom stereocenters. The molecule has 4 aromatic rings. The second kappa shape index (κ2) is 6.96. The Bertz CT molecular complexity index is 1210. The number of aromatic amines is 1. The van der Waals surface area contributed by atoms with Crippen LogP contribution in [0.25, 0.3) is 22.3 Å². The molecule has 0 spiro atoms. The van der Waals surface area contributed by atoms with Crippen LogP contribution in [0.4, 0.5) is 5.69 Å². The highest BCUT2D eigenvalue weighted by Gasteiger charge is 2.25. The number of nitrogens with one attached hydrogen (secondary N) is 2. The molecule has 1 aliphatic rings. The van der Waals surface area contributed by atoms with Crippen LogP contribution in [-0.4, -0.2) is 41.3 Å². The fourth-order valence-electron chi connectivity index (χ4n) is 3.26. The smallest absolute Gasteiger partial charge is 0.240 e. The first-order chi connectivity index (χ1) is 14.1. The van der Waals surface area contributed by atoms with Crippen LogP contribution in [0.5, 0.6) is 5.88 Å². The monoisotopic (exact) mass is 409 g/mol. The van der Waals surface area contributed by atoms with E-state index in [1.165, 1.54) is 20.0 Å². The molecule has 0 bridgehead atoms. The molecule has 4 aromatic heterocycles. The largest absolute Gasteiger partial charge is 0.479 e. The number of pyridine rings is 2. The van der Waals surface area contributed by atoms with E-state index in [-0.39, 0.29) is 0 Å². The Hall–Kier alpha value is -3.27. The van der Waals surface area contributed by atoms with Crippen LogP contribution in [0.1, 0.15) is 24.5 Å². The summed E-state index contributed by atoms with van der Waals surface area (Å²) >= 11 is 0. The van der Waals surface area contributed by atoms with Crippen molar-refractivity contribution in [3.8, 4) is 17.3 Å². The van der Waals surface area contributed by atoms with E-state index in [2.05, 4.69) is 30.0 Å². The summed E-state index contributed by atoms with van der Waals surface area (Å²) in [5, 5.41) is 12.5. The van der Waals surface area contributed by atoms with Gasteiger partial charge < -0.3 is 4.74 Å². The molecule has 1 aliphatic carbocycles. The van der Waals surface area contributed by atoms with Crippen LogP contribution >= 0.6 is 0 Å². The van der Waals surface area contributed by atoms with E-state index in [0.29, 0.717) is 22.4 Å². The van der Waals surface area contributed by atoms with Crippen LogP contribution in [-0.2, 0) is 18.0 Å². The maximum Gasteiger partial charge on any atom is 0.240 e. The van der Waals surface area contributed by atoms with Gasteiger partial charge in [-0.25, -0.2) is 9.19 Å². The number of fused-ring (bicyclic) bond motifs is 1. The highest BCUT2D eigenvalue weighted by Crippen LogP contribution is 2.39. The number of methoxy groups -OCH3 is 1. The Balaban J connectivity index is 1.41. The van der Waals surface area contributed by atoms with Crippen LogP contribution < -0.4 is 9.46 Å². The molecule has 1 atom stereocenters. The molecule has 9 nitrogen and oxygen atoms in total. The summed E-state index contributed by atoms with van der Waals surface area (Å²) in [6, 6.07) is 5.64. The first-order valence-electron chi connectivity index (χ1n) is 9.19. The van der Waals surface area contributed by atoms with Gasteiger partial charge in [0.15, 0.2) is 11.0 Å². The summed E-state index contributed by atoms with van der Waals surface area (Å²) in [5.74, 6) is 0.952. The molecule has 148 valence electrons.